The molecular weight excluding hydrogens is 769 g/mol. The lowest BCUT2D eigenvalue weighted by Crippen LogP contribution is -3.10. The molecule has 1 aliphatic carbocycles. The number of hydrogen-bond acceptors (Lipinski definition) is 11. The molecule has 4 aliphatic heterocycles. The van der Waals surface area contributed by atoms with Crippen molar-refractivity contribution < 1.29 is 19.3 Å². The van der Waals surface area contributed by atoms with Crippen LogP contribution in [0.1, 0.15) is 105 Å². The number of aromatic nitrogens is 4. The van der Waals surface area contributed by atoms with Crippen LogP contribution in [0.2, 0.25) is 0 Å². The maximum absolute atomic E-state index is 13.6. The number of rotatable bonds is 11. The number of nitrogens with zero attached hydrogens (tertiary/aromatic N) is 7. The summed E-state index contributed by atoms with van der Waals surface area (Å²) in [6.45, 7) is 14.4. The second-order valence-corrected chi connectivity index (χ2v) is 18.2. The highest BCUT2D eigenvalue weighted by Crippen LogP contribution is 2.35. The average molecular weight is 830 g/mol. The Kier molecular flexibility index (Phi) is 12.3. The summed E-state index contributed by atoms with van der Waals surface area (Å²) in [4.78, 5) is 73.3. The summed E-state index contributed by atoms with van der Waals surface area (Å²) in [5.74, 6) is 1.87. The van der Waals surface area contributed by atoms with Gasteiger partial charge in [-0.1, -0.05) is 25.0 Å². The zero-order chi connectivity index (χ0) is 42.0. The van der Waals surface area contributed by atoms with E-state index in [0.717, 1.165) is 101 Å². The SMILES string of the molecule is CC(=O)c1c(C)c2cnc(Nc3ccc([NH+]4CCN(CCN5CCC(C6CCN(c7ccc(C8CCC(=O)NC8=O)cc7)CC6)CC5)CC4)cn3)nc2n(C2CCCC2)c1=O. The first-order valence-corrected chi connectivity index (χ1v) is 22.8. The van der Waals surface area contributed by atoms with Crippen molar-refractivity contribution in [1.82, 2.24) is 34.6 Å². The first kappa shape index (κ1) is 41.3. The Bertz CT molecular complexity index is 2280. The minimum Gasteiger partial charge on any atom is -0.372 e. The molecule has 1 atom stereocenters. The second-order valence-electron chi connectivity index (χ2n) is 18.2. The van der Waals surface area contributed by atoms with Crippen LogP contribution < -0.4 is 26.0 Å². The van der Waals surface area contributed by atoms with Crippen LogP contribution in [0, 0.1) is 18.8 Å². The normalized spacial score (nSPS) is 21.9. The number of carbonyl (C=O) groups excluding carboxylic acids is 3. The van der Waals surface area contributed by atoms with Crippen LogP contribution in [0.25, 0.3) is 11.0 Å². The molecule has 9 rings (SSSR count). The van der Waals surface area contributed by atoms with Crippen molar-refractivity contribution in [3.63, 3.8) is 0 Å². The summed E-state index contributed by atoms with van der Waals surface area (Å²) in [6, 6.07) is 12.6. The van der Waals surface area contributed by atoms with Gasteiger partial charge in [-0.25, -0.2) is 9.97 Å². The van der Waals surface area contributed by atoms with E-state index in [0.29, 0.717) is 35.8 Å². The smallest absolute Gasteiger partial charge is 0.263 e. The van der Waals surface area contributed by atoms with Gasteiger partial charge in [-0.15, -0.1) is 0 Å². The molecule has 5 fully saturated rings. The number of fused-ring (bicyclic) bond motifs is 1. The number of hydrogen-bond donors (Lipinski definition) is 3. The molecule has 14 heteroatoms. The van der Waals surface area contributed by atoms with Crippen molar-refractivity contribution in [1.29, 1.82) is 0 Å². The number of ketones is 1. The Hall–Kier alpha value is -5.05. The molecule has 3 aromatic heterocycles. The number of Topliss-reactive ketones (excluding diaryl/α,β-unsaturated/α-hetero) is 1. The van der Waals surface area contributed by atoms with E-state index in [1.807, 2.05) is 19.2 Å². The summed E-state index contributed by atoms with van der Waals surface area (Å²) in [5.41, 5.74) is 4.61. The maximum atomic E-state index is 13.6. The monoisotopic (exact) mass is 829 g/mol. The van der Waals surface area contributed by atoms with Gasteiger partial charge in [0, 0.05) is 75.1 Å². The molecule has 4 saturated heterocycles. The van der Waals surface area contributed by atoms with E-state index in [1.165, 1.54) is 62.0 Å². The summed E-state index contributed by atoms with van der Waals surface area (Å²) < 4.78 is 1.74. The third kappa shape index (κ3) is 8.98. The first-order valence-electron chi connectivity index (χ1n) is 22.8. The molecule has 0 radical (unpaired) electrons. The van der Waals surface area contributed by atoms with E-state index in [1.54, 1.807) is 10.8 Å². The van der Waals surface area contributed by atoms with E-state index in [-0.39, 0.29) is 40.7 Å². The number of quaternary nitrogens is 1. The fraction of sp³-hybridized carbons (Fsp3) is 0.553. The Labute approximate surface area is 358 Å². The second kappa shape index (κ2) is 18.1. The number of imide groups is 1. The Morgan fingerprint density at radius 1 is 0.803 bits per heavy atom. The van der Waals surface area contributed by atoms with Crippen molar-refractivity contribution in [2.45, 2.75) is 90.0 Å². The number of amides is 2. The van der Waals surface area contributed by atoms with Gasteiger partial charge >= 0.3 is 0 Å². The molecule has 1 unspecified atom stereocenters. The number of aryl methyl sites for hydroxylation is 1. The van der Waals surface area contributed by atoms with Crippen molar-refractivity contribution in [3.8, 4) is 0 Å². The highest BCUT2D eigenvalue weighted by molar-refractivity contribution is 6.01. The molecule has 322 valence electrons. The topological polar surface area (TPSA) is 150 Å². The minimum atomic E-state index is -0.250. The van der Waals surface area contributed by atoms with Gasteiger partial charge in [0.05, 0.1) is 30.8 Å². The third-order valence-electron chi connectivity index (χ3n) is 14.6. The molecule has 0 bridgehead atoms. The molecule has 3 N–H and O–H groups in total. The predicted molar refractivity (Wildman–Crippen MR) is 236 cm³/mol. The van der Waals surface area contributed by atoms with Crippen LogP contribution in [-0.4, -0.2) is 112 Å². The lowest BCUT2D eigenvalue weighted by Gasteiger charge is -2.41. The van der Waals surface area contributed by atoms with Crippen molar-refractivity contribution in [2.24, 2.45) is 11.8 Å². The van der Waals surface area contributed by atoms with Gasteiger partial charge in [-0.05, 0) is 113 Å². The van der Waals surface area contributed by atoms with E-state index in [2.05, 4.69) is 60.6 Å². The summed E-state index contributed by atoms with van der Waals surface area (Å²) in [7, 11) is 0. The quantitative estimate of drug-likeness (QED) is 0.145. The van der Waals surface area contributed by atoms with Crippen molar-refractivity contribution >= 4 is 51.8 Å². The van der Waals surface area contributed by atoms with Crippen LogP contribution in [0.5, 0.6) is 0 Å². The molecular formula is C47H61N10O4+. The highest BCUT2D eigenvalue weighted by Gasteiger charge is 2.32. The molecule has 4 aromatic rings. The molecule has 0 spiro atoms. The Morgan fingerprint density at radius 3 is 2.11 bits per heavy atom. The fourth-order valence-corrected chi connectivity index (χ4v) is 10.9. The summed E-state index contributed by atoms with van der Waals surface area (Å²) in [5, 5.41) is 6.48. The molecule has 61 heavy (non-hydrogen) atoms. The molecule has 7 heterocycles. The van der Waals surface area contributed by atoms with Gasteiger partial charge in [-0.2, -0.15) is 4.98 Å². The van der Waals surface area contributed by atoms with Crippen molar-refractivity contribution in [2.75, 3.05) is 75.7 Å². The van der Waals surface area contributed by atoms with Crippen LogP contribution in [0.3, 0.4) is 0 Å². The number of anilines is 3. The van der Waals surface area contributed by atoms with Crippen LogP contribution >= 0.6 is 0 Å². The number of benzene rings is 1. The largest absolute Gasteiger partial charge is 0.372 e. The number of likely N-dealkylation sites (tertiary alicyclic amines) is 1. The van der Waals surface area contributed by atoms with Gasteiger partial charge in [0.2, 0.25) is 17.8 Å². The number of piperidine rings is 3. The summed E-state index contributed by atoms with van der Waals surface area (Å²) in [6.07, 6.45) is 13.7. The van der Waals surface area contributed by atoms with Gasteiger partial charge in [0.1, 0.15) is 17.2 Å². The number of carbonyl (C=O) groups is 3. The maximum Gasteiger partial charge on any atom is 0.263 e. The molecule has 1 aromatic carbocycles. The van der Waals surface area contributed by atoms with Crippen LogP contribution in [-0.2, 0) is 9.59 Å². The van der Waals surface area contributed by atoms with E-state index < -0.39 is 0 Å². The number of nitrogens with one attached hydrogen (secondary N) is 3. The zero-order valence-electron chi connectivity index (χ0n) is 35.8. The van der Waals surface area contributed by atoms with Crippen LogP contribution in [0.4, 0.5) is 23.1 Å². The van der Waals surface area contributed by atoms with Gasteiger partial charge in [0.25, 0.3) is 5.56 Å². The minimum absolute atomic E-state index is 0.0327. The summed E-state index contributed by atoms with van der Waals surface area (Å²) >= 11 is 0. The average Bonchev–Trinajstić information content (AvgIpc) is 3.81. The molecule has 14 nitrogen and oxygen atoms in total. The number of pyridine rings is 2. The fourth-order valence-electron chi connectivity index (χ4n) is 10.9. The Morgan fingerprint density at radius 2 is 1.48 bits per heavy atom. The van der Waals surface area contributed by atoms with Gasteiger partial charge in [-0.3, -0.25) is 38.9 Å². The van der Waals surface area contributed by atoms with Gasteiger partial charge < -0.3 is 15.1 Å². The number of piperazine rings is 1. The third-order valence-corrected chi connectivity index (χ3v) is 14.6. The van der Waals surface area contributed by atoms with E-state index >= 15 is 0 Å². The molecule has 2 amide bonds. The zero-order valence-corrected chi connectivity index (χ0v) is 35.8. The van der Waals surface area contributed by atoms with Gasteiger partial charge in [0.15, 0.2) is 5.78 Å². The predicted octanol–water partition coefficient (Wildman–Crippen LogP) is 4.54. The van der Waals surface area contributed by atoms with E-state index in [9.17, 15) is 19.2 Å². The van der Waals surface area contributed by atoms with E-state index in [4.69, 9.17) is 9.97 Å². The lowest BCUT2D eigenvalue weighted by atomic mass is 9.78. The van der Waals surface area contributed by atoms with Crippen LogP contribution in [0.15, 0.2) is 53.6 Å². The molecule has 5 aliphatic rings. The lowest BCUT2D eigenvalue weighted by molar-refractivity contribution is -0.838. The first-order chi connectivity index (χ1) is 29.7. The Balaban J connectivity index is 0.704. The highest BCUT2D eigenvalue weighted by atomic mass is 16.2. The standard InChI is InChI=1S/C47H60N10O4/c1-31-40-30-49-47(52-44(40)57(37-5-3-4-6-37)46(61)43(31)32(2)58)50-41-13-11-38(29-48-41)56-27-25-54(26-28-56)24-23-53-19-15-33(16-20-53)34-17-21-55(22-18-34)36-9-7-35(8-10-36)39-12-14-42(59)51-45(39)60/h7-11,13,29-30,33-34,37,39H,3-6,12,14-28H2,1-2H3,(H,51,59,60)(H,48,49,50,52)/p+1. The van der Waals surface area contributed by atoms with Crippen molar-refractivity contribution in [3.05, 3.63) is 75.8 Å². The molecule has 1 saturated carbocycles.